The van der Waals surface area contributed by atoms with Gasteiger partial charge in [-0.1, -0.05) is 37.3 Å². The second kappa shape index (κ2) is 7.80. The minimum atomic E-state index is -0.888. The molecule has 1 rings (SSSR count). The molecule has 0 aromatic heterocycles. The average Bonchev–Trinajstić information content (AvgIpc) is 2.28. The summed E-state index contributed by atoms with van der Waals surface area (Å²) in [5, 5.41) is 0. The number of carbonyl (C=O) groups is 3. The van der Waals surface area contributed by atoms with E-state index in [1.165, 1.54) is 0 Å². The molecule has 1 aromatic carbocycles. The van der Waals surface area contributed by atoms with Crippen molar-refractivity contribution in [1.29, 1.82) is 0 Å². The molecular weight excluding hydrogens is 333 g/mol. The molecule has 3 nitrogen and oxygen atoms in total. The quantitative estimate of drug-likeness (QED) is 0.598. The smallest absolute Gasteiger partial charge is 0.264 e. The predicted molar refractivity (Wildman–Crippen MR) is 55.5 cm³/mol. The number of benzene rings is 1. The van der Waals surface area contributed by atoms with E-state index in [-0.39, 0.29) is 54.1 Å². The van der Waals surface area contributed by atoms with Crippen molar-refractivity contribution in [2.75, 3.05) is 0 Å². The molecule has 0 aliphatic heterocycles. The molecule has 0 amide bonds. The van der Waals surface area contributed by atoms with Gasteiger partial charge in [-0.25, -0.2) is 0 Å². The van der Waals surface area contributed by atoms with Gasteiger partial charge in [0.25, 0.3) is 5.78 Å². The van der Waals surface area contributed by atoms with Crippen LogP contribution in [0.2, 0.25) is 0 Å². The van der Waals surface area contributed by atoms with Crippen LogP contribution in [0, 0.1) is 41.3 Å². The van der Waals surface area contributed by atoms with Gasteiger partial charge in [0.15, 0.2) is 0 Å². The first-order valence-electron chi connectivity index (χ1n) is 4.79. The van der Waals surface area contributed by atoms with Gasteiger partial charge in [0.1, 0.15) is 0 Å². The van der Waals surface area contributed by atoms with E-state index in [9.17, 15) is 14.4 Å². The predicted octanol–water partition coefficient (Wildman–Crippen LogP) is 1.35. The summed E-state index contributed by atoms with van der Waals surface area (Å²) in [6.45, 7) is 1.57. The summed E-state index contributed by atoms with van der Waals surface area (Å²) in [6.07, 6.45) is 0.0881. The third kappa shape index (κ3) is 4.62. The molecular formula is C12H12O3Pr. The van der Waals surface area contributed by atoms with E-state index in [2.05, 4.69) is 0 Å². The SMILES string of the molecule is CCC(=O)C(=O)C(=O)Cc1ccccc1.[Pr]. The van der Waals surface area contributed by atoms with Crippen molar-refractivity contribution in [2.45, 2.75) is 19.8 Å². The summed E-state index contributed by atoms with van der Waals surface area (Å²) >= 11 is 0. The zero-order valence-corrected chi connectivity index (χ0v) is 12.8. The number of hydrogen-bond donors (Lipinski definition) is 0. The minimum Gasteiger partial charge on any atom is -0.290 e. The van der Waals surface area contributed by atoms with E-state index in [0.29, 0.717) is 0 Å². The van der Waals surface area contributed by atoms with Gasteiger partial charge >= 0.3 is 0 Å². The van der Waals surface area contributed by atoms with Crippen molar-refractivity contribution >= 4 is 17.3 Å². The van der Waals surface area contributed by atoms with E-state index in [0.717, 1.165) is 5.56 Å². The average molecular weight is 345 g/mol. The van der Waals surface area contributed by atoms with Crippen LogP contribution in [-0.4, -0.2) is 17.3 Å². The van der Waals surface area contributed by atoms with E-state index in [1.807, 2.05) is 6.07 Å². The van der Waals surface area contributed by atoms with Gasteiger partial charge in [-0.05, 0) is 5.56 Å². The zero-order valence-electron chi connectivity index (χ0n) is 9.10. The van der Waals surface area contributed by atoms with Gasteiger partial charge in [0.2, 0.25) is 11.6 Å². The van der Waals surface area contributed by atoms with Crippen LogP contribution in [0.4, 0.5) is 0 Å². The fraction of sp³-hybridized carbons (Fsp3) is 0.250. The molecule has 0 N–H and O–H groups in total. The maximum Gasteiger partial charge on any atom is 0.264 e. The van der Waals surface area contributed by atoms with E-state index in [4.69, 9.17) is 0 Å². The molecule has 4 heteroatoms. The van der Waals surface area contributed by atoms with E-state index >= 15 is 0 Å². The number of hydrogen-bond acceptors (Lipinski definition) is 3. The molecule has 0 bridgehead atoms. The van der Waals surface area contributed by atoms with E-state index in [1.54, 1.807) is 31.2 Å². The fourth-order valence-electron chi connectivity index (χ4n) is 1.18. The van der Waals surface area contributed by atoms with Crippen LogP contribution >= 0.6 is 0 Å². The van der Waals surface area contributed by atoms with Crippen molar-refractivity contribution < 1.29 is 55.7 Å². The normalized spacial score (nSPS) is 9.06. The second-order valence-corrected chi connectivity index (χ2v) is 3.19. The maximum atomic E-state index is 11.3. The first-order chi connectivity index (χ1) is 7.15. The maximum absolute atomic E-state index is 11.3. The molecule has 0 unspecified atom stereocenters. The molecule has 16 heavy (non-hydrogen) atoms. The van der Waals surface area contributed by atoms with Crippen molar-refractivity contribution in [3.8, 4) is 0 Å². The van der Waals surface area contributed by atoms with Crippen LogP contribution in [-0.2, 0) is 20.8 Å². The summed E-state index contributed by atoms with van der Waals surface area (Å²) in [7, 11) is 0. The molecule has 0 fully saturated rings. The molecule has 81 valence electrons. The third-order valence-corrected chi connectivity index (χ3v) is 2.04. The molecule has 0 saturated heterocycles. The topological polar surface area (TPSA) is 51.2 Å². The molecule has 0 spiro atoms. The number of ketones is 3. The Morgan fingerprint density at radius 2 is 1.56 bits per heavy atom. The van der Waals surface area contributed by atoms with Crippen LogP contribution < -0.4 is 0 Å². The first-order valence-corrected chi connectivity index (χ1v) is 4.79. The number of rotatable bonds is 5. The summed E-state index contributed by atoms with van der Waals surface area (Å²) in [5.41, 5.74) is 0.750. The molecule has 0 atom stereocenters. The van der Waals surface area contributed by atoms with Gasteiger partial charge < -0.3 is 0 Å². The van der Waals surface area contributed by atoms with Gasteiger partial charge in [-0.3, -0.25) is 14.4 Å². The molecule has 0 heterocycles. The Morgan fingerprint density at radius 3 is 2.06 bits per heavy atom. The van der Waals surface area contributed by atoms with Crippen LogP contribution in [0.3, 0.4) is 0 Å². The monoisotopic (exact) mass is 345 g/mol. The van der Waals surface area contributed by atoms with Crippen molar-refractivity contribution in [2.24, 2.45) is 0 Å². The van der Waals surface area contributed by atoms with Crippen molar-refractivity contribution in [1.82, 2.24) is 0 Å². The largest absolute Gasteiger partial charge is 0.290 e. The Labute approximate surface area is 128 Å². The van der Waals surface area contributed by atoms with Crippen LogP contribution in [0.1, 0.15) is 18.9 Å². The Morgan fingerprint density at radius 1 is 1.00 bits per heavy atom. The standard InChI is InChI=1S/C12H12O3.Pr/c1-2-10(13)12(15)11(14)8-9-6-4-3-5-7-9;/h3-7H,2,8H2,1H3;. The van der Waals surface area contributed by atoms with Gasteiger partial charge in [0.05, 0.1) is 0 Å². The molecule has 0 aliphatic rings. The summed E-state index contributed by atoms with van der Waals surface area (Å²) in [6, 6.07) is 8.90. The van der Waals surface area contributed by atoms with Crippen molar-refractivity contribution in [3.05, 3.63) is 35.9 Å². The van der Waals surface area contributed by atoms with Crippen molar-refractivity contribution in [3.63, 3.8) is 0 Å². The second-order valence-electron chi connectivity index (χ2n) is 3.19. The minimum absolute atomic E-state index is 0. The first kappa shape index (κ1) is 15.6. The summed E-state index contributed by atoms with van der Waals surface area (Å²) < 4.78 is 0. The Bertz CT molecular complexity index is 385. The fourth-order valence-corrected chi connectivity index (χ4v) is 1.18. The Balaban J connectivity index is 0.00000225. The summed E-state index contributed by atoms with van der Waals surface area (Å²) in [5.74, 6) is -2.13. The van der Waals surface area contributed by atoms with Crippen LogP contribution in [0.15, 0.2) is 30.3 Å². The van der Waals surface area contributed by atoms with Gasteiger partial charge in [-0.2, -0.15) is 0 Å². The van der Waals surface area contributed by atoms with Gasteiger partial charge in [0, 0.05) is 54.1 Å². The van der Waals surface area contributed by atoms with Gasteiger partial charge in [-0.15, -0.1) is 0 Å². The number of carbonyl (C=O) groups excluding carboxylic acids is 3. The van der Waals surface area contributed by atoms with Crippen LogP contribution in [0.5, 0.6) is 0 Å². The summed E-state index contributed by atoms with van der Waals surface area (Å²) in [4.78, 5) is 33.5. The molecule has 0 aliphatic carbocycles. The molecule has 1 aromatic rings. The molecule has 0 saturated carbocycles. The Kier molecular flexibility index (Phi) is 7.60. The van der Waals surface area contributed by atoms with E-state index < -0.39 is 17.3 Å². The van der Waals surface area contributed by atoms with Crippen LogP contribution in [0.25, 0.3) is 0 Å². The molecule has 1 radical (unpaired) electrons. The number of Topliss-reactive ketones (excluding diaryl/α,β-unsaturated/α-hetero) is 3. The third-order valence-electron chi connectivity index (χ3n) is 2.04. The zero-order chi connectivity index (χ0) is 11.3. The Hall–Kier alpha value is -0.406.